The predicted octanol–water partition coefficient (Wildman–Crippen LogP) is 19.4. The maximum Gasteiger partial charge on any atom is 0.159 e. The van der Waals surface area contributed by atoms with Crippen LogP contribution in [0.25, 0.3) is 88.0 Å². The fraction of sp³-hybridized carbons (Fsp3) is 0.152. The Bertz CT molecular complexity index is 4130. The average molecular weight is 891 g/mol. The van der Waals surface area contributed by atoms with Gasteiger partial charge in [0, 0.05) is 43.9 Å². The topological polar surface area (TPSA) is 19.6 Å². The minimum Gasteiger partial charge on any atom is -0.454 e. The number of aryl methyl sites for hydroxylation is 2. The van der Waals surface area contributed by atoms with Crippen molar-refractivity contribution in [2.75, 3.05) is 9.80 Å². The first-order valence-electron chi connectivity index (χ1n) is 24.4. The zero-order valence-corrected chi connectivity index (χ0v) is 40.6. The van der Waals surface area contributed by atoms with Crippen LogP contribution < -0.4 is 9.80 Å². The van der Waals surface area contributed by atoms with E-state index in [0.29, 0.717) is 0 Å². The number of fused-ring (bicyclic) bond motifs is 9. The van der Waals surface area contributed by atoms with Crippen LogP contribution in [-0.4, -0.2) is 0 Å². The Balaban J connectivity index is 1.08. The van der Waals surface area contributed by atoms with Crippen molar-refractivity contribution in [2.24, 2.45) is 0 Å². The fourth-order valence-corrected chi connectivity index (χ4v) is 11.8. The van der Waals surface area contributed by atoms with Gasteiger partial charge in [-0.15, -0.1) is 0 Å². The van der Waals surface area contributed by atoms with Crippen molar-refractivity contribution in [2.45, 2.75) is 66.2 Å². The van der Waals surface area contributed by atoms with Crippen molar-refractivity contribution in [1.82, 2.24) is 0 Å². The van der Waals surface area contributed by atoms with Gasteiger partial charge in [0.15, 0.2) is 5.58 Å². The molecule has 12 aromatic rings. The minimum atomic E-state index is -0.0844. The molecule has 1 aliphatic rings. The molecule has 0 radical (unpaired) electrons. The standard InChI is InChI=1S/C66H54N2O/c1-39-17-9-11-25-53(39)67(57-27-15-20-44-43-19-13-23-51(65(3,4)5)61(43)45-35-36-46(45)62(44)57)55-37-31-41-30-34-50-56(38-32-42-29-33-49(55)59(41)60(42)50)68(54-26-12-10-18-40(54)2)58-28-16-22-48-47-21-14-24-52(66(6,7)8)63(47)69-64(48)58/h9-38H,1-8H3. The molecule has 0 spiro atoms. The summed E-state index contributed by atoms with van der Waals surface area (Å²) in [7, 11) is 0. The monoisotopic (exact) mass is 890 g/mol. The van der Waals surface area contributed by atoms with E-state index >= 15 is 0 Å². The zero-order valence-electron chi connectivity index (χ0n) is 40.6. The van der Waals surface area contributed by atoms with E-state index in [-0.39, 0.29) is 10.8 Å². The summed E-state index contributed by atoms with van der Waals surface area (Å²) < 4.78 is 7.11. The second-order valence-electron chi connectivity index (χ2n) is 21.4. The number of para-hydroxylation sites is 4. The molecule has 334 valence electrons. The summed E-state index contributed by atoms with van der Waals surface area (Å²) in [5.74, 6) is 0. The lowest BCUT2D eigenvalue weighted by atomic mass is 9.77. The molecule has 0 saturated heterocycles. The van der Waals surface area contributed by atoms with Crippen LogP contribution in [0, 0.1) is 13.8 Å². The van der Waals surface area contributed by atoms with Gasteiger partial charge in [0.25, 0.3) is 0 Å². The second kappa shape index (κ2) is 14.8. The number of furan rings is 1. The number of anilines is 6. The third kappa shape index (κ3) is 6.06. The average Bonchev–Trinajstić information content (AvgIpc) is 3.72. The van der Waals surface area contributed by atoms with Gasteiger partial charge in [-0.3, -0.25) is 0 Å². The van der Waals surface area contributed by atoms with Gasteiger partial charge < -0.3 is 14.2 Å². The molecule has 13 rings (SSSR count). The molecule has 0 bridgehead atoms. The smallest absolute Gasteiger partial charge is 0.159 e. The lowest BCUT2D eigenvalue weighted by molar-refractivity contribution is 0.573. The maximum atomic E-state index is 7.11. The summed E-state index contributed by atoms with van der Waals surface area (Å²) >= 11 is 0. The van der Waals surface area contributed by atoms with Gasteiger partial charge in [0.05, 0.1) is 22.7 Å². The van der Waals surface area contributed by atoms with Gasteiger partial charge in [-0.1, -0.05) is 187 Å². The highest BCUT2D eigenvalue weighted by atomic mass is 16.3. The van der Waals surface area contributed by atoms with Crippen molar-refractivity contribution in [3.05, 3.63) is 203 Å². The van der Waals surface area contributed by atoms with E-state index in [4.69, 9.17) is 4.42 Å². The highest BCUT2D eigenvalue weighted by molar-refractivity contribution is 6.29. The Morgan fingerprint density at radius 3 is 1.30 bits per heavy atom. The van der Waals surface area contributed by atoms with Crippen LogP contribution in [0.3, 0.4) is 0 Å². The SMILES string of the molecule is Cc1ccccc1N(c1ccc2ccc3c(N(c4ccccc4C)c4cccc5c4c4c(c6c(C(C)(C)C)cccc65)C=C4)ccc4ccc1c2c43)c1cccc2c1oc1c(C(C)(C)C)cccc12. The summed E-state index contributed by atoms with van der Waals surface area (Å²) in [6, 6.07) is 63.3. The normalized spacial score (nSPS) is 12.9. The van der Waals surface area contributed by atoms with Crippen LogP contribution >= 0.6 is 0 Å². The summed E-state index contributed by atoms with van der Waals surface area (Å²) in [4.78, 5) is 4.99. The molecule has 3 heteroatoms. The third-order valence-electron chi connectivity index (χ3n) is 15.1. The summed E-state index contributed by atoms with van der Waals surface area (Å²) in [5.41, 5.74) is 16.2. The van der Waals surface area contributed by atoms with Gasteiger partial charge in [0.1, 0.15) is 5.58 Å². The van der Waals surface area contributed by atoms with Gasteiger partial charge in [0.2, 0.25) is 0 Å². The van der Waals surface area contributed by atoms with Crippen LogP contribution in [0.5, 0.6) is 0 Å². The lowest BCUT2D eigenvalue weighted by Gasteiger charge is -2.32. The number of hydrogen-bond donors (Lipinski definition) is 0. The molecule has 69 heavy (non-hydrogen) atoms. The first-order valence-corrected chi connectivity index (χ1v) is 24.4. The van der Waals surface area contributed by atoms with E-state index in [1.165, 1.54) is 98.6 Å². The molecule has 1 aromatic heterocycles. The van der Waals surface area contributed by atoms with E-state index in [2.05, 4.69) is 247 Å². The van der Waals surface area contributed by atoms with Gasteiger partial charge in [-0.25, -0.2) is 0 Å². The van der Waals surface area contributed by atoms with E-state index in [9.17, 15) is 0 Å². The molecular formula is C66H54N2O. The van der Waals surface area contributed by atoms with Gasteiger partial charge in [-0.05, 0) is 127 Å². The Kier molecular flexibility index (Phi) is 8.87. The van der Waals surface area contributed by atoms with Crippen molar-refractivity contribution in [1.29, 1.82) is 0 Å². The van der Waals surface area contributed by atoms with Gasteiger partial charge >= 0.3 is 0 Å². The second-order valence-corrected chi connectivity index (χ2v) is 21.4. The van der Waals surface area contributed by atoms with Gasteiger partial charge in [-0.2, -0.15) is 0 Å². The van der Waals surface area contributed by atoms with E-state index < -0.39 is 0 Å². The third-order valence-corrected chi connectivity index (χ3v) is 15.1. The molecule has 0 fully saturated rings. The van der Waals surface area contributed by atoms with Crippen LogP contribution in [0.15, 0.2) is 174 Å². The number of benzene rings is 11. The molecule has 0 N–H and O–H groups in total. The van der Waals surface area contributed by atoms with Crippen LogP contribution in [0.2, 0.25) is 0 Å². The largest absolute Gasteiger partial charge is 0.454 e. The van der Waals surface area contributed by atoms with E-state index in [1.807, 2.05) is 0 Å². The first-order chi connectivity index (χ1) is 33.4. The Morgan fingerprint density at radius 1 is 0.319 bits per heavy atom. The summed E-state index contributed by atoms with van der Waals surface area (Å²) in [6.07, 6.45) is 4.66. The van der Waals surface area contributed by atoms with Crippen molar-refractivity contribution in [3.63, 3.8) is 0 Å². The zero-order chi connectivity index (χ0) is 47.1. The maximum absolute atomic E-state index is 7.11. The molecule has 3 nitrogen and oxygen atoms in total. The number of rotatable bonds is 6. The molecule has 0 atom stereocenters. The molecule has 0 amide bonds. The van der Waals surface area contributed by atoms with Crippen LogP contribution in [0.4, 0.5) is 34.1 Å². The predicted molar refractivity (Wildman–Crippen MR) is 298 cm³/mol. The number of hydrogen-bond acceptors (Lipinski definition) is 3. The minimum absolute atomic E-state index is 0.00460. The van der Waals surface area contributed by atoms with E-state index in [0.717, 1.165) is 44.7 Å². The summed E-state index contributed by atoms with van der Waals surface area (Å²) in [6.45, 7) is 18.2. The van der Waals surface area contributed by atoms with E-state index in [1.54, 1.807) is 0 Å². The van der Waals surface area contributed by atoms with Crippen LogP contribution in [0.1, 0.15) is 74.9 Å². The highest BCUT2D eigenvalue weighted by Crippen LogP contribution is 2.53. The molecule has 0 saturated carbocycles. The van der Waals surface area contributed by atoms with Crippen LogP contribution in [-0.2, 0) is 10.8 Å². The highest BCUT2D eigenvalue weighted by Gasteiger charge is 2.30. The molecule has 0 aliphatic heterocycles. The van der Waals surface area contributed by atoms with Crippen molar-refractivity contribution < 1.29 is 4.42 Å². The molecule has 1 aliphatic carbocycles. The lowest BCUT2D eigenvalue weighted by Crippen LogP contribution is -2.15. The number of nitrogens with zero attached hydrogens (tertiary/aromatic N) is 2. The molecule has 0 unspecified atom stereocenters. The molecule has 1 heterocycles. The van der Waals surface area contributed by atoms with Crippen molar-refractivity contribution in [3.8, 4) is 0 Å². The quantitative estimate of drug-likeness (QED) is 0.155. The summed E-state index contributed by atoms with van der Waals surface area (Å²) in [5, 5.41) is 14.9. The molecular weight excluding hydrogens is 837 g/mol. The Morgan fingerprint density at radius 2 is 0.754 bits per heavy atom. The molecule has 11 aromatic carbocycles. The Labute approximate surface area is 403 Å². The fourth-order valence-electron chi connectivity index (χ4n) is 11.8. The van der Waals surface area contributed by atoms with Crippen molar-refractivity contribution >= 4 is 122 Å². The first kappa shape index (κ1) is 41.3. The Hall–Kier alpha value is -7.88.